The van der Waals surface area contributed by atoms with Gasteiger partial charge in [0, 0.05) is 27.9 Å². The molecule has 3 rings (SSSR count). The topological polar surface area (TPSA) is 59.8 Å². The average molecular weight is 447 g/mol. The Morgan fingerprint density at radius 1 is 1.24 bits per heavy atom. The van der Waals surface area contributed by atoms with E-state index in [-0.39, 0.29) is 12.5 Å². The fourth-order valence-corrected chi connectivity index (χ4v) is 4.22. The van der Waals surface area contributed by atoms with Crippen molar-refractivity contribution in [2.24, 2.45) is 0 Å². The van der Waals surface area contributed by atoms with Gasteiger partial charge in [-0.2, -0.15) is 0 Å². The molecule has 8 heteroatoms. The van der Waals surface area contributed by atoms with Crippen LogP contribution in [-0.4, -0.2) is 20.7 Å². The summed E-state index contributed by atoms with van der Waals surface area (Å²) in [6.07, 6.45) is 1.77. The average Bonchev–Trinajstić information content (AvgIpc) is 3.07. The van der Waals surface area contributed by atoms with Gasteiger partial charge in [0.2, 0.25) is 0 Å². The number of rotatable bonds is 8. The maximum absolute atomic E-state index is 12.4. The molecule has 1 heterocycles. The summed E-state index contributed by atoms with van der Waals surface area (Å²) >= 11 is 13.7. The van der Waals surface area contributed by atoms with Gasteiger partial charge in [-0.3, -0.25) is 4.79 Å². The lowest BCUT2D eigenvalue weighted by Gasteiger charge is -2.09. The maximum Gasteiger partial charge on any atom is 0.251 e. The summed E-state index contributed by atoms with van der Waals surface area (Å²) in [5.74, 6) is 1.14. The van der Waals surface area contributed by atoms with Gasteiger partial charge < -0.3 is 9.88 Å². The van der Waals surface area contributed by atoms with Crippen molar-refractivity contribution in [2.75, 3.05) is 0 Å². The minimum atomic E-state index is -0.149. The van der Waals surface area contributed by atoms with Crippen LogP contribution in [0.5, 0.6) is 0 Å². The van der Waals surface area contributed by atoms with E-state index in [0.29, 0.717) is 33.7 Å². The second kappa shape index (κ2) is 9.96. The maximum atomic E-state index is 12.4. The van der Waals surface area contributed by atoms with E-state index in [1.165, 1.54) is 11.8 Å². The van der Waals surface area contributed by atoms with Crippen molar-refractivity contribution >= 4 is 40.9 Å². The van der Waals surface area contributed by atoms with Crippen LogP contribution in [0.4, 0.5) is 0 Å². The van der Waals surface area contributed by atoms with E-state index in [9.17, 15) is 4.79 Å². The van der Waals surface area contributed by atoms with Crippen molar-refractivity contribution in [3.63, 3.8) is 0 Å². The minimum absolute atomic E-state index is 0.149. The van der Waals surface area contributed by atoms with Crippen LogP contribution in [-0.2, 0) is 18.8 Å². The third kappa shape index (κ3) is 5.63. The highest BCUT2D eigenvalue weighted by Gasteiger charge is 2.14. The zero-order valence-corrected chi connectivity index (χ0v) is 18.2. The van der Waals surface area contributed by atoms with Gasteiger partial charge in [0.25, 0.3) is 5.91 Å². The Bertz CT molecular complexity index is 1040. The lowest BCUT2D eigenvalue weighted by molar-refractivity contribution is 0.0949. The van der Waals surface area contributed by atoms with Gasteiger partial charge in [0.15, 0.2) is 11.0 Å². The number of carbonyl (C=O) groups is 1. The number of nitrogens with zero attached hydrogens (tertiary/aromatic N) is 3. The quantitative estimate of drug-likeness (QED) is 0.376. The van der Waals surface area contributed by atoms with E-state index in [0.717, 1.165) is 16.3 Å². The van der Waals surface area contributed by atoms with Crippen molar-refractivity contribution in [3.8, 4) is 0 Å². The molecule has 0 saturated carbocycles. The molecule has 2 aromatic carbocycles. The molecule has 0 unspecified atom stereocenters. The van der Waals surface area contributed by atoms with E-state index < -0.39 is 0 Å². The Labute approximate surface area is 184 Å². The molecule has 0 atom stereocenters. The molecule has 0 aliphatic heterocycles. The first-order chi connectivity index (χ1) is 14.0. The number of carbonyl (C=O) groups excluding carboxylic acids is 1. The van der Waals surface area contributed by atoms with Gasteiger partial charge in [-0.15, -0.1) is 16.8 Å². The predicted octanol–water partition coefficient (Wildman–Crippen LogP) is 5.30. The molecular weight excluding hydrogens is 427 g/mol. The number of benzene rings is 2. The van der Waals surface area contributed by atoms with E-state index in [1.807, 2.05) is 41.8 Å². The highest BCUT2D eigenvalue weighted by molar-refractivity contribution is 7.98. The Balaban J connectivity index is 1.69. The number of thioether (sulfide) groups is 1. The van der Waals surface area contributed by atoms with Crippen molar-refractivity contribution in [1.82, 2.24) is 20.1 Å². The normalized spacial score (nSPS) is 10.7. The number of hydrogen-bond acceptors (Lipinski definition) is 4. The summed E-state index contributed by atoms with van der Waals surface area (Å²) in [7, 11) is 0. The van der Waals surface area contributed by atoms with Gasteiger partial charge in [-0.05, 0) is 36.8 Å². The van der Waals surface area contributed by atoms with Crippen LogP contribution in [0.1, 0.15) is 27.3 Å². The number of amides is 1. The zero-order valence-electron chi connectivity index (χ0n) is 15.9. The summed E-state index contributed by atoms with van der Waals surface area (Å²) in [4.78, 5) is 12.4. The SMILES string of the molecule is C=CCn1c(CNC(=O)c2cccc(C)c2)nnc1SCc1ccc(Cl)cc1Cl. The van der Waals surface area contributed by atoms with Crippen LogP contribution in [0.25, 0.3) is 0 Å². The second-order valence-corrected chi connectivity index (χ2v) is 8.16. The van der Waals surface area contributed by atoms with Crippen molar-refractivity contribution in [3.05, 3.63) is 87.7 Å². The standard InChI is InChI=1S/C21H20Cl2N4OS/c1-3-9-27-19(12-24-20(28)15-6-4-5-14(2)10-15)25-26-21(27)29-13-16-7-8-17(22)11-18(16)23/h3-8,10-11H,1,9,12-13H2,2H3,(H,24,28). The number of nitrogens with one attached hydrogen (secondary N) is 1. The monoisotopic (exact) mass is 446 g/mol. The molecule has 0 fully saturated rings. The van der Waals surface area contributed by atoms with Crippen LogP contribution in [0.2, 0.25) is 10.0 Å². The Hall–Kier alpha value is -2.28. The molecular formula is C21H20Cl2N4OS. The summed E-state index contributed by atoms with van der Waals surface area (Å²) in [6.45, 7) is 6.57. The van der Waals surface area contributed by atoms with Gasteiger partial charge in [0.05, 0.1) is 6.54 Å². The van der Waals surface area contributed by atoms with Gasteiger partial charge in [-0.1, -0.05) is 64.8 Å². The Morgan fingerprint density at radius 2 is 2.07 bits per heavy atom. The molecule has 1 N–H and O–H groups in total. The van der Waals surface area contributed by atoms with Crippen LogP contribution in [0.3, 0.4) is 0 Å². The lowest BCUT2D eigenvalue weighted by Crippen LogP contribution is -2.24. The number of aromatic nitrogens is 3. The Morgan fingerprint density at radius 3 is 2.79 bits per heavy atom. The van der Waals surface area contributed by atoms with E-state index in [4.69, 9.17) is 23.2 Å². The van der Waals surface area contributed by atoms with E-state index in [2.05, 4.69) is 22.1 Å². The molecule has 3 aromatic rings. The fourth-order valence-electron chi connectivity index (χ4n) is 2.70. The highest BCUT2D eigenvalue weighted by atomic mass is 35.5. The first-order valence-corrected chi connectivity index (χ1v) is 10.7. The fraction of sp³-hybridized carbons (Fsp3) is 0.190. The number of halogens is 2. The van der Waals surface area contributed by atoms with Crippen molar-refractivity contribution < 1.29 is 4.79 Å². The van der Waals surface area contributed by atoms with E-state index in [1.54, 1.807) is 18.2 Å². The molecule has 0 saturated heterocycles. The molecule has 0 bridgehead atoms. The number of hydrogen-bond donors (Lipinski definition) is 1. The molecule has 29 heavy (non-hydrogen) atoms. The smallest absolute Gasteiger partial charge is 0.251 e. The summed E-state index contributed by atoms with van der Waals surface area (Å²) in [5, 5.41) is 13.4. The number of aryl methyl sites for hydroxylation is 1. The molecule has 0 spiro atoms. The summed E-state index contributed by atoms with van der Waals surface area (Å²) < 4.78 is 1.93. The van der Waals surface area contributed by atoms with Crippen molar-refractivity contribution in [2.45, 2.75) is 30.9 Å². The molecule has 5 nitrogen and oxygen atoms in total. The molecule has 150 valence electrons. The third-order valence-corrected chi connectivity index (χ3v) is 5.77. The van der Waals surface area contributed by atoms with Crippen molar-refractivity contribution in [1.29, 1.82) is 0 Å². The van der Waals surface area contributed by atoms with Crippen LogP contribution < -0.4 is 5.32 Å². The van der Waals surface area contributed by atoms with Gasteiger partial charge in [-0.25, -0.2) is 0 Å². The first-order valence-electron chi connectivity index (χ1n) is 8.92. The molecule has 1 amide bonds. The van der Waals surface area contributed by atoms with Crippen LogP contribution in [0.15, 0.2) is 60.3 Å². The van der Waals surface area contributed by atoms with Gasteiger partial charge >= 0.3 is 0 Å². The molecule has 1 aromatic heterocycles. The minimum Gasteiger partial charge on any atom is -0.345 e. The Kier molecular flexibility index (Phi) is 7.36. The van der Waals surface area contributed by atoms with E-state index >= 15 is 0 Å². The third-order valence-electron chi connectivity index (χ3n) is 4.16. The second-order valence-electron chi connectivity index (χ2n) is 6.37. The molecule has 0 aliphatic carbocycles. The number of allylic oxidation sites excluding steroid dienone is 1. The summed E-state index contributed by atoms with van der Waals surface area (Å²) in [6, 6.07) is 12.9. The van der Waals surface area contributed by atoms with Crippen LogP contribution in [0, 0.1) is 6.92 Å². The highest BCUT2D eigenvalue weighted by Crippen LogP contribution is 2.28. The predicted molar refractivity (Wildman–Crippen MR) is 119 cm³/mol. The lowest BCUT2D eigenvalue weighted by atomic mass is 10.1. The largest absolute Gasteiger partial charge is 0.345 e. The zero-order chi connectivity index (χ0) is 20.8. The molecule has 0 aliphatic rings. The first kappa shape index (κ1) is 21.4. The molecule has 0 radical (unpaired) electrons. The van der Waals surface area contributed by atoms with Gasteiger partial charge in [0.1, 0.15) is 0 Å². The van der Waals surface area contributed by atoms with Crippen LogP contribution >= 0.6 is 35.0 Å². The summed E-state index contributed by atoms with van der Waals surface area (Å²) in [5.41, 5.74) is 2.61.